The molecule has 0 bridgehead atoms. The van der Waals surface area contributed by atoms with Crippen LogP contribution in [0.1, 0.15) is 20.8 Å². The zero-order valence-corrected chi connectivity index (χ0v) is 15.7. The first-order valence-electron chi connectivity index (χ1n) is 8.33. The van der Waals surface area contributed by atoms with Gasteiger partial charge in [0.05, 0.1) is 5.92 Å². The highest BCUT2D eigenvalue weighted by atomic mass is 32.2. The van der Waals surface area contributed by atoms with Gasteiger partial charge in [-0.15, -0.1) is 0 Å². The number of nitrogens with zero attached hydrogens (tertiary/aromatic N) is 1. The lowest BCUT2D eigenvalue weighted by Gasteiger charge is -2.26. The summed E-state index contributed by atoms with van der Waals surface area (Å²) in [6, 6.07) is 3.80. The van der Waals surface area contributed by atoms with Gasteiger partial charge in [0, 0.05) is 13.1 Å². The van der Waals surface area contributed by atoms with E-state index in [0.29, 0.717) is 0 Å². The smallest absolute Gasteiger partial charge is 0.308 e. The average Bonchev–Trinajstić information content (AvgIpc) is 2.94. The van der Waals surface area contributed by atoms with Gasteiger partial charge in [-0.2, -0.15) is 4.72 Å². The fraction of sp³-hybridized carbons (Fsp3) is 0.529. The van der Waals surface area contributed by atoms with Crippen LogP contribution in [0.4, 0.5) is 4.39 Å². The van der Waals surface area contributed by atoms with E-state index in [-0.39, 0.29) is 19.0 Å². The number of halogens is 1. The Morgan fingerprint density at radius 3 is 2.38 bits per heavy atom. The molecule has 1 aliphatic rings. The molecule has 0 spiro atoms. The largest absolute Gasteiger partial charge is 0.481 e. The van der Waals surface area contributed by atoms with E-state index >= 15 is 0 Å². The number of carbonyl (C=O) groups excluding carboxylic acids is 1. The van der Waals surface area contributed by atoms with E-state index in [0.717, 1.165) is 12.1 Å². The quantitative estimate of drug-likeness (QED) is 0.767. The zero-order chi connectivity index (χ0) is 19.6. The van der Waals surface area contributed by atoms with Crippen LogP contribution in [0.5, 0.6) is 0 Å². The van der Waals surface area contributed by atoms with Gasteiger partial charge in [0.1, 0.15) is 16.8 Å². The Kier molecular flexibility index (Phi) is 6.02. The zero-order valence-electron chi connectivity index (χ0n) is 14.8. The molecule has 0 aliphatic carbocycles. The molecule has 1 amide bonds. The fourth-order valence-electron chi connectivity index (χ4n) is 3.03. The van der Waals surface area contributed by atoms with Gasteiger partial charge in [-0.25, -0.2) is 12.8 Å². The fourth-order valence-corrected chi connectivity index (χ4v) is 4.45. The number of rotatable bonds is 6. The Hall–Kier alpha value is -2.00. The molecule has 144 valence electrons. The molecule has 26 heavy (non-hydrogen) atoms. The van der Waals surface area contributed by atoms with E-state index in [9.17, 15) is 27.5 Å². The SMILES string of the molecule is CC(C)[C@H](NS(=O)(=O)c1ccccc1F)C(=O)N1C[C@@H](C)[C@H](C(=O)O)C1. The van der Waals surface area contributed by atoms with Gasteiger partial charge in [-0.1, -0.05) is 32.9 Å². The molecule has 0 unspecified atom stereocenters. The Bertz CT molecular complexity index is 796. The molecule has 7 nitrogen and oxygen atoms in total. The maximum absolute atomic E-state index is 13.9. The minimum atomic E-state index is -4.24. The summed E-state index contributed by atoms with van der Waals surface area (Å²) in [5, 5.41) is 9.21. The van der Waals surface area contributed by atoms with Crippen molar-refractivity contribution in [3.63, 3.8) is 0 Å². The highest BCUT2D eigenvalue weighted by Gasteiger charge is 2.40. The number of hydrogen-bond donors (Lipinski definition) is 2. The van der Waals surface area contributed by atoms with Gasteiger partial charge >= 0.3 is 5.97 Å². The van der Waals surface area contributed by atoms with Crippen molar-refractivity contribution in [1.29, 1.82) is 0 Å². The maximum Gasteiger partial charge on any atom is 0.308 e. The molecule has 0 radical (unpaired) electrons. The van der Waals surface area contributed by atoms with Gasteiger partial charge in [0.25, 0.3) is 0 Å². The Labute approximate surface area is 152 Å². The summed E-state index contributed by atoms with van der Waals surface area (Å²) >= 11 is 0. The van der Waals surface area contributed by atoms with Crippen molar-refractivity contribution >= 4 is 21.9 Å². The molecule has 0 saturated carbocycles. The number of aliphatic carboxylic acids is 1. The molecule has 1 aromatic rings. The number of amides is 1. The second kappa shape index (κ2) is 7.71. The van der Waals surface area contributed by atoms with Crippen LogP contribution in [-0.4, -0.2) is 49.4 Å². The molecule has 0 aromatic heterocycles. The molecular formula is C17H23FN2O5S. The number of likely N-dealkylation sites (tertiary alicyclic amines) is 1. The number of hydrogen-bond acceptors (Lipinski definition) is 4. The van der Waals surface area contributed by atoms with Gasteiger partial charge in [0.2, 0.25) is 15.9 Å². The van der Waals surface area contributed by atoms with Gasteiger partial charge in [0.15, 0.2) is 0 Å². The molecule has 1 fully saturated rings. The van der Waals surface area contributed by atoms with Crippen molar-refractivity contribution in [2.45, 2.75) is 31.7 Å². The van der Waals surface area contributed by atoms with Gasteiger partial charge in [-0.3, -0.25) is 9.59 Å². The number of benzene rings is 1. The third-order valence-corrected chi connectivity index (χ3v) is 6.06. The second-order valence-corrected chi connectivity index (χ2v) is 8.62. The molecule has 2 rings (SSSR count). The van der Waals surface area contributed by atoms with Crippen LogP contribution in [0.3, 0.4) is 0 Å². The number of nitrogens with one attached hydrogen (secondary N) is 1. The van der Waals surface area contributed by atoms with Crippen molar-refractivity contribution in [2.24, 2.45) is 17.8 Å². The number of carboxylic acid groups (broad SMARTS) is 1. The topological polar surface area (TPSA) is 104 Å². The molecule has 1 heterocycles. The molecule has 9 heteroatoms. The van der Waals surface area contributed by atoms with Crippen LogP contribution >= 0.6 is 0 Å². The molecule has 1 aromatic carbocycles. The lowest BCUT2D eigenvalue weighted by Crippen LogP contribution is -2.50. The summed E-state index contributed by atoms with van der Waals surface area (Å²) in [5.41, 5.74) is 0. The monoisotopic (exact) mass is 386 g/mol. The van der Waals surface area contributed by atoms with Crippen molar-refractivity contribution in [1.82, 2.24) is 9.62 Å². The summed E-state index contributed by atoms with van der Waals surface area (Å²) in [5.74, 6) is -3.71. The van der Waals surface area contributed by atoms with Crippen LogP contribution in [0.25, 0.3) is 0 Å². The summed E-state index contributed by atoms with van der Waals surface area (Å²) in [4.78, 5) is 24.9. The van der Waals surface area contributed by atoms with Crippen molar-refractivity contribution < 1.29 is 27.5 Å². The third kappa shape index (κ3) is 4.21. The van der Waals surface area contributed by atoms with E-state index in [1.54, 1.807) is 20.8 Å². The maximum atomic E-state index is 13.9. The number of sulfonamides is 1. The van der Waals surface area contributed by atoms with E-state index in [4.69, 9.17) is 0 Å². The van der Waals surface area contributed by atoms with Crippen LogP contribution in [0, 0.1) is 23.6 Å². The van der Waals surface area contributed by atoms with E-state index in [1.807, 2.05) is 0 Å². The lowest BCUT2D eigenvalue weighted by molar-refractivity contribution is -0.142. The van der Waals surface area contributed by atoms with Crippen LogP contribution in [-0.2, 0) is 19.6 Å². The molecule has 1 saturated heterocycles. The first-order chi connectivity index (χ1) is 12.0. The summed E-state index contributed by atoms with van der Waals surface area (Å²) in [7, 11) is -4.24. The minimum absolute atomic E-state index is 0.0278. The van der Waals surface area contributed by atoms with E-state index < -0.39 is 50.5 Å². The summed E-state index contributed by atoms with van der Waals surface area (Å²) in [6.07, 6.45) is 0. The minimum Gasteiger partial charge on any atom is -0.481 e. The van der Waals surface area contributed by atoms with Gasteiger partial charge in [-0.05, 0) is 24.0 Å². The van der Waals surface area contributed by atoms with Crippen LogP contribution < -0.4 is 4.72 Å². The first-order valence-corrected chi connectivity index (χ1v) is 9.81. The van der Waals surface area contributed by atoms with Crippen molar-refractivity contribution in [2.75, 3.05) is 13.1 Å². The molecular weight excluding hydrogens is 363 g/mol. The predicted molar refractivity (Wildman–Crippen MR) is 92.2 cm³/mol. The molecule has 2 N–H and O–H groups in total. The average molecular weight is 386 g/mol. The van der Waals surface area contributed by atoms with Crippen LogP contribution in [0.15, 0.2) is 29.2 Å². The van der Waals surface area contributed by atoms with Crippen molar-refractivity contribution in [3.05, 3.63) is 30.1 Å². The van der Waals surface area contributed by atoms with E-state index in [1.165, 1.54) is 17.0 Å². The third-order valence-electron chi connectivity index (χ3n) is 4.58. The normalized spacial score (nSPS) is 21.8. The Morgan fingerprint density at radius 2 is 1.88 bits per heavy atom. The predicted octanol–water partition coefficient (Wildman–Crippen LogP) is 1.31. The Balaban J connectivity index is 2.23. The number of carboxylic acids is 1. The highest BCUT2D eigenvalue weighted by Crippen LogP contribution is 2.25. The highest BCUT2D eigenvalue weighted by molar-refractivity contribution is 7.89. The standard InChI is InChI=1S/C17H23FN2O5S/c1-10(2)15(16(21)20-8-11(3)12(9-20)17(22)23)19-26(24,25)14-7-5-4-6-13(14)18/h4-7,10-12,15,19H,8-9H2,1-3H3,(H,22,23)/t11-,12-,15+/m1/s1. The second-order valence-electron chi connectivity index (χ2n) is 6.94. The summed E-state index contributed by atoms with van der Waals surface area (Å²) < 4.78 is 41.1. The summed E-state index contributed by atoms with van der Waals surface area (Å²) in [6.45, 7) is 5.33. The molecule has 3 atom stereocenters. The van der Waals surface area contributed by atoms with Gasteiger partial charge < -0.3 is 10.0 Å². The first kappa shape index (κ1) is 20.3. The lowest BCUT2D eigenvalue weighted by atomic mass is 9.99. The van der Waals surface area contributed by atoms with E-state index in [2.05, 4.69) is 4.72 Å². The van der Waals surface area contributed by atoms with Crippen LogP contribution in [0.2, 0.25) is 0 Å². The van der Waals surface area contributed by atoms with Crippen molar-refractivity contribution in [3.8, 4) is 0 Å². The molecule has 1 aliphatic heterocycles. The Morgan fingerprint density at radius 1 is 1.27 bits per heavy atom. The number of carbonyl (C=O) groups is 2.